The quantitative estimate of drug-likeness (QED) is 0.782. The molecule has 1 saturated heterocycles. The maximum atomic E-state index is 12.5. The van der Waals surface area contributed by atoms with Gasteiger partial charge in [0.25, 0.3) is 0 Å². The molecule has 5 heteroatoms. The van der Waals surface area contributed by atoms with Crippen molar-refractivity contribution in [3.63, 3.8) is 0 Å². The van der Waals surface area contributed by atoms with Crippen molar-refractivity contribution in [1.29, 1.82) is 0 Å². The first-order valence-electron chi connectivity index (χ1n) is 9.81. The van der Waals surface area contributed by atoms with Gasteiger partial charge in [-0.15, -0.1) is 0 Å². The molecule has 0 radical (unpaired) electrons. The lowest BCUT2D eigenvalue weighted by Gasteiger charge is -2.40. The number of carbonyl (C=O) groups excluding carboxylic acids is 1. The molecule has 0 spiro atoms. The number of amides is 2. The summed E-state index contributed by atoms with van der Waals surface area (Å²) in [6.07, 6.45) is 9.41. The number of aliphatic hydroxyl groups is 1. The van der Waals surface area contributed by atoms with E-state index in [1.165, 1.54) is 32.1 Å². The molecule has 1 unspecified atom stereocenters. The van der Waals surface area contributed by atoms with E-state index in [0.29, 0.717) is 12.0 Å². The van der Waals surface area contributed by atoms with Crippen LogP contribution in [-0.2, 0) is 0 Å². The minimum atomic E-state index is 0.0328. The predicted molar refractivity (Wildman–Crippen MR) is 98.1 cm³/mol. The minimum absolute atomic E-state index is 0.0328. The first kappa shape index (κ1) is 19.5. The molecule has 0 aromatic carbocycles. The van der Waals surface area contributed by atoms with Crippen molar-refractivity contribution in [2.24, 2.45) is 11.3 Å². The number of likely N-dealkylation sites (N-methyl/N-ethyl adjacent to an activating group) is 1. The second-order valence-electron chi connectivity index (χ2n) is 8.11. The van der Waals surface area contributed by atoms with Gasteiger partial charge in [-0.3, -0.25) is 0 Å². The van der Waals surface area contributed by atoms with Crippen LogP contribution in [0.1, 0.15) is 58.3 Å². The summed E-state index contributed by atoms with van der Waals surface area (Å²) in [6.45, 7) is 4.64. The topological polar surface area (TPSA) is 55.8 Å². The summed E-state index contributed by atoms with van der Waals surface area (Å²) in [6, 6.07) is 0.506. The molecule has 0 aromatic rings. The second kappa shape index (κ2) is 9.04. The van der Waals surface area contributed by atoms with Gasteiger partial charge >= 0.3 is 6.03 Å². The third-order valence-corrected chi connectivity index (χ3v) is 6.52. The Bertz CT molecular complexity index is 380. The number of rotatable bonds is 6. The molecule has 24 heavy (non-hydrogen) atoms. The fourth-order valence-electron chi connectivity index (χ4n) is 4.40. The van der Waals surface area contributed by atoms with E-state index in [-0.39, 0.29) is 18.1 Å². The summed E-state index contributed by atoms with van der Waals surface area (Å²) in [7, 11) is 4.26. The van der Waals surface area contributed by atoms with Gasteiger partial charge in [-0.25, -0.2) is 4.79 Å². The molecule has 0 bridgehead atoms. The number of nitrogens with zero attached hydrogens (tertiary/aromatic N) is 2. The molecule has 5 nitrogen and oxygen atoms in total. The number of carbonyl (C=O) groups is 1. The third kappa shape index (κ3) is 4.85. The van der Waals surface area contributed by atoms with Crippen molar-refractivity contribution in [2.75, 3.05) is 40.3 Å². The lowest BCUT2D eigenvalue weighted by molar-refractivity contribution is 0.0513. The van der Waals surface area contributed by atoms with E-state index in [1.54, 1.807) is 0 Å². The molecular weight excluding hydrogens is 302 g/mol. The molecular formula is C19H37N3O2. The number of piperidine rings is 1. The van der Waals surface area contributed by atoms with Gasteiger partial charge in [0.2, 0.25) is 0 Å². The Labute approximate surface area is 147 Å². The normalized spacial score (nSPS) is 23.3. The molecule has 2 N–H and O–H groups in total. The zero-order chi connectivity index (χ0) is 17.6. The molecule has 1 saturated carbocycles. The number of aliphatic hydroxyl groups excluding tert-OH is 1. The summed E-state index contributed by atoms with van der Waals surface area (Å²) in [4.78, 5) is 16.7. The van der Waals surface area contributed by atoms with Crippen molar-refractivity contribution >= 4 is 6.03 Å². The van der Waals surface area contributed by atoms with Crippen LogP contribution in [0.4, 0.5) is 4.79 Å². The highest BCUT2D eigenvalue weighted by Crippen LogP contribution is 2.34. The molecule has 2 fully saturated rings. The van der Waals surface area contributed by atoms with Crippen LogP contribution in [0.5, 0.6) is 0 Å². The average Bonchev–Trinajstić information content (AvgIpc) is 2.62. The van der Waals surface area contributed by atoms with Gasteiger partial charge in [0, 0.05) is 32.3 Å². The van der Waals surface area contributed by atoms with Crippen LogP contribution >= 0.6 is 0 Å². The van der Waals surface area contributed by atoms with E-state index in [0.717, 1.165) is 38.9 Å². The van der Waals surface area contributed by atoms with Crippen LogP contribution in [0.3, 0.4) is 0 Å². The van der Waals surface area contributed by atoms with Crippen LogP contribution in [0.2, 0.25) is 0 Å². The highest BCUT2D eigenvalue weighted by atomic mass is 16.3. The summed E-state index contributed by atoms with van der Waals surface area (Å²) < 4.78 is 0. The second-order valence-corrected chi connectivity index (χ2v) is 8.11. The fraction of sp³-hybridized carbons (Fsp3) is 0.947. The molecule has 1 heterocycles. The van der Waals surface area contributed by atoms with Crippen molar-refractivity contribution in [3.8, 4) is 0 Å². The SMILES string of the molecule is CCC1(CO)CCN(C(=O)NCC(C2CCCCC2)N(C)C)CC1. The molecule has 2 amide bonds. The summed E-state index contributed by atoms with van der Waals surface area (Å²) >= 11 is 0. The Balaban J connectivity index is 1.81. The Kier molecular flexibility index (Phi) is 7.35. The van der Waals surface area contributed by atoms with Crippen molar-refractivity contribution in [3.05, 3.63) is 0 Å². The van der Waals surface area contributed by atoms with Crippen LogP contribution in [0.15, 0.2) is 0 Å². The van der Waals surface area contributed by atoms with Crippen LogP contribution in [0.25, 0.3) is 0 Å². The molecule has 1 atom stereocenters. The monoisotopic (exact) mass is 339 g/mol. The standard InChI is InChI=1S/C19H37N3O2/c1-4-19(15-23)10-12-22(13-11-19)18(24)20-14-17(21(2)3)16-8-6-5-7-9-16/h16-17,23H,4-15H2,1-3H3,(H,20,24). The number of urea groups is 1. The zero-order valence-electron chi connectivity index (χ0n) is 15.9. The zero-order valence-corrected chi connectivity index (χ0v) is 15.9. The lowest BCUT2D eigenvalue weighted by atomic mass is 9.77. The summed E-state index contributed by atoms with van der Waals surface area (Å²) in [5, 5.41) is 12.8. The van der Waals surface area contributed by atoms with Gasteiger partial charge in [0.1, 0.15) is 0 Å². The van der Waals surface area contributed by atoms with Gasteiger partial charge in [0.05, 0.1) is 0 Å². The lowest BCUT2D eigenvalue weighted by Crippen LogP contribution is -2.52. The summed E-state index contributed by atoms with van der Waals surface area (Å²) in [5.41, 5.74) is 0.0328. The Morgan fingerprint density at radius 1 is 1.25 bits per heavy atom. The van der Waals surface area contributed by atoms with Gasteiger partial charge in [-0.05, 0) is 57.5 Å². The van der Waals surface area contributed by atoms with E-state index in [2.05, 4.69) is 31.2 Å². The first-order valence-corrected chi connectivity index (χ1v) is 9.81. The van der Waals surface area contributed by atoms with Crippen molar-refractivity contribution in [1.82, 2.24) is 15.1 Å². The Morgan fingerprint density at radius 2 is 1.88 bits per heavy atom. The number of hydrogen-bond donors (Lipinski definition) is 2. The Morgan fingerprint density at radius 3 is 2.38 bits per heavy atom. The molecule has 1 aliphatic heterocycles. The van der Waals surface area contributed by atoms with E-state index in [4.69, 9.17) is 0 Å². The van der Waals surface area contributed by atoms with Crippen molar-refractivity contribution < 1.29 is 9.90 Å². The van der Waals surface area contributed by atoms with Gasteiger partial charge < -0.3 is 20.2 Å². The van der Waals surface area contributed by atoms with Crippen LogP contribution in [-0.4, -0.2) is 67.3 Å². The highest BCUT2D eigenvalue weighted by Gasteiger charge is 2.34. The number of likely N-dealkylation sites (tertiary alicyclic amines) is 1. The van der Waals surface area contributed by atoms with Gasteiger partial charge in [0.15, 0.2) is 0 Å². The minimum Gasteiger partial charge on any atom is -0.396 e. The molecule has 1 aliphatic carbocycles. The van der Waals surface area contributed by atoms with E-state index < -0.39 is 0 Å². The van der Waals surface area contributed by atoms with Crippen molar-refractivity contribution in [2.45, 2.75) is 64.3 Å². The van der Waals surface area contributed by atoms with Gasteiger partial charge in [-0.2, -0.15) is 0 Å². The smallest absolute Gasteiger partial charge is 0.317 e. The average molecular weight is 340 g/mol. The molecule has 2 rings (SSSR count). The van der Waals surface area contributed by atoms with Crippen LogP contribution in [0, 0.1) is 11.3 Å². The summed E-state index contributed by atoms with van der Waals surface area (Å²) in [5.74, 6) is 0.706. The molecule has 0 aromatic heterocycles. The third-order valence-electron chi connectivity index (χ3n) is 6.52. The van der Waals surface area contributed by atoms with Gasteiger partial charge in [-0.1, -0.05) is 26.2 Å². The maximum Gasteiger partial charge on any atom is 0.317 e. The molecule has 2 aliphatic rings. The van der Waals surface area contributed by atoms with E-state index in [9.17, 15) is 9.90 Å². The molecule has 140 valence electrons. The number of nitrogens with one attached hydrogen (secondary N) is 1. The first-order chi connectivity index (χ1) is 11.5. The van der Waals surface area contributed by atoms with Crippen LogP contribution < -0.4 is 5.32 Å². The number of hydrogen-bond acceptors (Lipinski definition) is 3. The van der Waals surface area contributed by atoms with E-state index in [1.807, 2.05) is 4.90 Å². The Hall–Kier alpha value is -0.810. The maximum absolute atomic E-state index is 12.5. The van der Waals surface area contributed by atoms with E-state index >= 15 is 0 Å². The highest BCUT2D eigenvalue weighted by molar-refractivity contribution is 5.74. The largest absolute Gasteiger partial charge is 0.396 e. The fourth-order valence-corrected chi connectivity index (χ4v) is 4.40. The predicted octanol–water partition coefficient (Wildman–Crippen LogP) is 2.69.